The third kappa shape index (κ3) is 5.30. The van der Waals surface area contributed by atoms with Crippen molar-refractivity contribution in [3.05, 3.63) is 0 Å². The van der Waals surface area contributed by atoms with Crippen LogP contribution in [0.2, 0.25) is 0 Å². The summed E-state index contributed by atoms with van der Waals surface area (Å²) >= 11 is 0. The molecule has 0 N–H and O–H groups in total. The van der Waals surface area contributed by atoms with E-state index in [0.29, 0.717) is 0 Å². The molecule has 0 spiro atoms. The first-order valence-corrected chi connectivity index (χ1v) is 4.84. The molecule has 0 fully saturated rings. The lowest BCUT2D eigenvalue weighted by atomic mass is 10.1. The highest BCUT2D eigenvalue weighted by Crippen LogP contribution is 2.06. The summed E-state index contributed by atoms with van der Waals surface area (Å²) in [5, 5.41) is 0. The smallest absolute Gasteiger partial charge is 0.137 e. The van der Waals surface area contributed by atoms with Crippen molar-refractivity contribution in [1.82, 2.24) is 4.90 Å². The third-order valence-corrected chi connectivity index (χ3v) is 2.17. The van der Waals surface area contributed by atoms with Crippen molar-refractivity contribution in [2.45, 2.75) is 45.1 Å². The molecule has 0 saturated heterocycles. The molecule has 2 heteroatoms. The van der Waals surface area contributed by atoms with Gasteiger partial charge >= 0.3 is 0 Å². The molecule has 0 aliphatic rings. The van der Waals surface area contributed by atoms with Crippen LogP contribution in [-0.2, 0) is 4.79 Å². The average molecular weight is 171 g/mol. The van der Waals surface area contributed by atoms with Crippen molar-refractivity contribution in [1.29, 1.82) is 0 Å². The maximum atomic E-state index is 10.6. The summed E-state index contributed by atoms with van der Waals surface area (Å²) in [4.78, 5) is 12.6. The number of carbonyl (C=O) groups is 1. The molecular formula is C10H21NO. The van der Waals surface area contributed by atoms with Crippen molar-refractivity contribution >= 4 is 6.29 Å². The normalized spacial score (nSPS) is 13.3. The van der Waals surface area contributed by atoms with Gasteiger partial charge in [-0.2, -0.15) is 0 Å². The molecule has 0 aromatic heterocycles. The Morgan fingerprint density at radius 3 is 2.33 bits per heavy atom. The Balaban J connectivity index is 3.38. The zero-order chi connectivity index (χ0) is 9.40. The molecule has 12 heavy (non-hydrogen) atoms. The van der Waals surface area contributed by atoms with E-state index in [1.165, 1.54) is 25.7 Å². The second kappa shape index (κ2) is 7.29. The number of unbranched alkanes of at least 4 members (excludes halogenated alkanes) is 3. The van der Waals surface area contributed by atoms with Crippen LogP contribution in [0.25, 0.3) is 0 Å². The van der Waals surface area contributed by atoms with Gasteiger partial charge in [-0.05, 0) is 20.5 Å². The fourth-order valence-electron chi connectivity index (χ4n) is 1.23. The quantitative estimate of drug-likeness (QED) is 0.432. The second-order valence-electron chi connectivity index (χ2n) is 3.52. The van der Waals surface area contributed by atoms with Gasteiger partial charge in [0.25, 0.3) is 0 Å². The van der Waals surface area contributed by atoms with Crippen LogP contribution >= 0.6 is 0 Å². The Hall–Kier alpha value is -0.370. The van der Waals surface area contributed by atoms with E-state index in [1.807, 2.05) is 19.0 Å². The summed E-state index contributed by atoms with van der Waals surface area (Å²) in [5.41, 5.74) is 0. The highest BCUT2D eigenvalue weighted by atomic mass is 16.1. The average Bonchev–Trinajstić information content (AvgIpc) is 2.04. The van der Waals surface area contributed by atoms with Gasteiger partial charge in [0.15, 0.2) is 0 Å². The lowest BCUT2D eigenvalue weighted by molar-refractivity contribution is -0.111. The minimum Gasteiger partial charge on any atom is -0.302 e. The number of hydrogen-bond acceptors (Lipinski definition) is 2. The Bertz CT molecular complexity index is 112. The molecule has 0 amide bonds. The Morgan fingerprint density at radius 2 is 1.92 bits per heavy atom. The molecule has 0 radical (unpaired) electrons. The first kappa shape index (κ1) is 11.6. The van der Waals surface area contributed by atoms with Gasteiger partial charge in [-0.25, -0.2) is 0 Å². The predicted molar refractivity (Wildman–Crippen MR) is 52.3 cm³/mol. The van der Waals surface area contributed by atoms with E-state index in [-0.39, 0.29) is 6.04 Å². The van der Waals surface area contributed by atoms with Crippen LogP contribution in [0, 0.1) is 0 Å². The Kier molecular flexibility index (Phi) is 7.06. The third-order valence-electron chi connectivity index (χ3n) is 2.17. The van der Waals surface area contributed by atoms with Crippen LogP contribution in [0.1, 0.15) is 39.0 Å². The Morgan fingerprint density at radius 1 is 1.25 bits per heavy atom. The van der Waals surface area contributed by atoms with Crippen LogP contribution in [0.15, 0.2) is 0 Å². The zero-order valence-corrected chi connectivity index (χ0v) is 8.55. The highest BCUT2D eigenvalue weighted by Gasteiger charge is 2.07. The highest BCUT2D eigenvalue weighted by molar-refractivity contribution is 5.57. The summed E-state index contributed by atoms with van der Waals surface area (Å²) in [6.45, 7) is 2.20. The molecule has 0 aliphatic heterocycles. The van der Waals surface area contributed by atoms with E-state index in [4.69, 9.17) is 0 Å². The van der Waals surface area contributed by atoms with E-state index in [9.17, 15) is 4.79 Å². The molecule has 0 rings (SSSR count). The molecule has 2 nitrogen and oxygen atoms in total. The fourth-order valence-corrected chi connectivity index (χ4v) is 1.23. The SMILES string of the molecule is CCCCCCC(C=O)N(C)C. The predicted octanol–water partition coefficient (Wildman–Crippen LogP) is 2.09. The number of rotatable bonds is 7. The lowest BCUT2D eigenvalue weighted by Gasteiger charge is -2.17. The summed E-state index contributed by atoms with van der Waals surface area (Å²) in [5.74, 6) is 0. The first-order valence-electron chi connectivity index (χ1n) is 4.84. The molecule has 0 bridgehead atoms. The molecule has 0 aromatic rings. The van der Waals surface area contributed by atoms with Gasteiger partial charge in [-0.15, -0.1) is 0 Å². The summed E-state index contributed by atoms with van der Waals surface area (Å²) in [7, 11) is 3.91. The van der Waals surface area contributed by atoms with E-state index >= 15 is 0 Å². The van der Waals surface area contributed by atoms with Crippen molar-refractivity contribution in [2.75, 3.05) is 14.1 Å². The molecule has 0 aliphatic carbocycles. The number of likely N-dealkylation sites (N-methyl/N-ethyl adjacent to an activating group) is 1. The number of hydrogen-bond donors (Lipinski definition) is 0. The summed E-state index contributed by atoms with van der Waals surface area (Å²) < 4.78 is 0. The molecule has 0 heterocycles. The van der Waals surface area contributed by atoms with Crippen LogP contribution in [0.3, 0.4) is 0 Å². The molecule has 0 saturated carbocycles. The van der Waals surface area contributed by atoms with Crippen LogP contribution < -0.4 is 0 Å². The second-order valence-corrected chi connectivity index (χ2v) is 3.52. The maximum absolute atomic E-state index is 10.6. The molecule has 72 valence electrons. The van der Waals surface area contributed by atoms with Gasteiger partial charge in [-0.3, -0.25) is 0 Å². The van der Waals surface area contributed by atoms with Crippen LogP contribution in [-0.4, -0.2) is 31.3 Å². The van der Waals surface area contributed by atoms with Gasteiger partial charge in [0.1, 0.15) is 6.29 Å². The zero-order valence-electron chi connectivity index (χ0n) is 8.55. The van der Waals surface area contributed by atoms with E-state index in [2.05, 4.69) is 6.92 Å². The van der Waals surface area contributed by atoms with Gasteiger partial charge in [0.2, 0.25) is 0 Å². The minimum atomic E-state index is 0.127. The van der Waals surface area contributed by atoms with Crippen LogP contribution in [0.4, 0.5) is 0 Å². The van der Waals surface area contributed by atoms with E-state index in [1.54, 1.807) is 0 Å². The Labute approximate surface area is 75.9 Å². The van der Waals surface area contributed by atoms with Crippen molar-refractivity contribution in [3.63, 3.8) is 0 Å². The topological polar surface area (TPSA) is 20.3 Å². The molecule has 1 unspecified atom stereocenters. The summed E-state index contributed by atoms with van der Waals surface area (Å²) in [6.07, 6.45) is 7.04. The van der Waals surface area contributed by atoms with Gasteiger partial charge < -0.3 is 9.69 Å². The van der Waals surface area contributed by atoms with Gasteiger partial charge in [0.05, 0.1) is 6.04 Å². The fraction of sp³-hybridized carbons (Fsp3) is 0.900. The minimum absolute atomic E-state index is 0.127. The number of nitrogens with zero attached hydrogens (tertiary/aromatic N) is 1. The molecular weight excluding hydrogens is 150 g/mol. The monoisotopic (exact) mass is 171 g/mol. The molecule has 0 aromatic carbocycles. The number of carbonyl (C=O) groups excluding carboxylic acids is 1. The summed E-state index contributed by atoms with van der Waals surface area (Å²) in [6, 6.07) is 0.127. The van der Waals surface area contributed by atoms with Crippen molar-refractivity contribution < 1.29 is 4.79 Å². The first-order chi connectivity index (χ1) is 5.72. The van der Waals surface area contributed by atoms with Gasteiger partial charge in [0, 0.05) is 0 Å². The maximum Gasteiger partial charge on any atom is 0.137 e. The van der Waals surface area contributed by atoms with E-state index < -0.39 is 0 Å². The van der Waals surface area contributed by atoms with Crippen molar-refractivity contribution in [3.8, 4) is 0 Å². The van der Waals surface area contributed by atoms with E-state index in [0.717, 1.165) is 12.7 Å². The molecule has 1 atom stereocenters. The van der Waals surface area contributed by atoms with Gasteiger partial charge in [-0.1, -0.05) is 32.6 Å². The standard InChI is InChI=1S/C10H21NO/c1-4-5-6-7-8-10(9-12)11(2)3/h9-10H,4-8H2,1-3H3. The van der Waals surface area contributed by atoms with Crippen molar-refractivity contribution in [2.24, 2.45) is 0 Å². The van der Waals surface area contributed by atoms with Crippen LogP contribution in [0.5, 0.6) is 0 Å². The lowest BCUT2D eigenvalue weighted by Crippen LogP contribution is -2.29. The largest absolute Gasteiger partial charge is 0.302 e. The number of aldehydes is 1.